The maximum atomic E-state index is 12.7. The Labute approximate surface area is 180 Å². The highest BCUT2D eigenvalue weighted by molar-refractivity contribution is 14.0. The Morgan fingerprint density at radius 1 is 1.26 bits per heavy atom. The molecule has 0 radical (unpaired) electrons. The number of methoxy groups -OCH3 is 1. The van der Waals surface area contributed by atoms with Gasteiger partial charge in [-0.25, -0.2) is 4.99 Å². The standard InChI is InChI=1S/C20H32N4O2.HI/c1-5-21-19(22-14-16-9-8-10-17(13-16)26-4)23-15-20(11-6-7-12-20)18(25)24(2)3;/h8-10,13H,5-7,11-12,14-15H2,1-4H3,(H2,21,22,23);1H. The van der Waals surface area contributed by atoms with Crippen molar-refractivity contribution < 1.29 is 9.53 Å². The van der Waals surface area contributed by atoms with Gasteiger partial charge in [-0.2, -0.15) is 0 Å². The molecule has 7 heteroatoms. The Balaban J connectivity index is 0.00000364. The number of hydrogen-bond donors (Lipinski definition) is 2. The predicted molar refractivity (Wildman–Crippen MR) is 121 cm³/mol. The number of hydrogen-bond acceptors (Lipinski definition) is 3. The van der Waals surface area contributed by atoms with Crippen molar-refractivity contribution in [2.24, 2.45) is 10.4 Å². The molecule has 1 aromatic carbocycles. The van der Waals surface area contributed by atoms with Crippen molar-refractivity contribution in [3.8, 4) is 5.75 Å². The largest absolute Gasteiger partial charge is 0.497 e. The SMILES string of the molecule is CCNC(=NCc1cccc(OC)c1)NCC1(C(=O)N(C)C)CCCC1.I. The van der Waals surface area contributed by atoms with Crippen molar-refractivity contribution in [1.29, 1.82) is 0 Å². The van der Waals surface area contributed by atoms with Crippen LogP contribution in [-0.4, -0.2) is 51.1 Å². The van der Waals surface area contributed by atoms with Crippen molar-refractivity contribution in [2.45, 2.75) is 39.2 Å². The minimum Gasteiger partial charge on any atom is -0.497 e. The van der Waals surface area contributed by atoms with Gasteiger partial charge in [0.05, 0.1) is 19.1 Å². The third kappa shape index (κ3) is 6.55. The molecule has 1 amide bonds. The van der Waals surface area contributed by atoms with Crippen LogP contribution in [0.1, 0.15) is 38.2 Å². The van der Waals surface area contributed by atoms with Crippen molar-refractivity contribution in [1.82, 2.24) is 15.5 Å². The number of guanidine groups is 1. The van der Waals surface area contributed by atoms with Gasteiger partial charge in [-0.3, -0.25) is 4.79 Å². The smallest absolute Gasteiger partial charge is 0.230 e. The summed E-state index contributed by atoms with van der Waals surface area (Å²) >= 11 is 0. The fourth-order valence-electron chi connectivity index (χ4n) is 3.53. The highest BCUT2D eigenvalue weighted by atomic mass is 127. The van der Waals surface area contributed by atoms with E-state index in [-0.39, 0.29) is 35.3 Å². The van der Waals surface area contributed by atoms with Gasteiger partial charge in [0.25, 0.3) is 0 Å². The van der Waals surface area contributed by atoms with E-state index >= 15 is 0 Å². The first-order chi connectivity index (χ1) is 12.5. The molecule has 0 aliphatic heterocycles. The first-order valence-electron chi connectivity index (χ1n) is 9.37. The van der Waals surface area contributed by atoms with E-state index in [1.807, 2.05) is 45.3 Å². The zero-order valence-corrected chi connectivity index (χ0v) is 19.2. The molecule has 0 spiro atoms. The molecule has 1 fully saturated rings. The van der Waals surface area contributed by atoms with E-state index in [2.05, 4.69) is 15.6 Å². The van der Waals surface area contributed by atoms with Crippen molar-refractivity contribution in [3.63, 3.8) is 0 Å². The van der Waals surface area contributed by atoms with Crippen LogP contribution in [0.5, 0.6) is 5.75 Å². The lowest BCUT2D eigenvalue weighted by Crippen LogP contribution is -2.49. The topological polar surface area (TPSA) is 66.0 Å². The molecule has 6 nitrogen and oxygen atoms in total. The van der Waals surface area contributed by atoms with Gasteiger partial charge >= 0.3 is 0 Å². The summed E-state index contributed by atoms with van der Waals surface area (Å²) in [6.45, 7) is 3.99. The van der Waals surface area contributed by atoms with Gasteiger partial charge in [-0.15, -0.1) is 24.0 Å². The van der Waals surface area contributed by atoms with Gasteiger partial charge < -0.3 is 20.3 Å². The molecule has 0 aromatic heterocycles. The van der Waals surface area contributed by atoms with Crippen LogP contribution in [-0.2, 0) is 11.3 Å². The summed E-state index contributed by atoms with van der Waals surface area (Å²) in [4.78, 5) is 19.1. The molecular formula is C20H33IN4O2. The fourth-order valence-corrected chi connectivity index (χ4v) is 3.53. The summed E-state index contributed by atoms with van der Waals surface area (Å²) in [5, 5.41) is 6.67. The van der Waals surface area contributed by atoms with E-state index in [0.29, 0.717) is 13.1 Å². The van der Waals surface area contributed by atoms with Crippen molar-refractivity contribution in [2.75, 3.05) is 34.3 Å². The molecule has 2 N–H and O–H groups in total. The van der Waals surface area contributed by atoms with E-state index in [1.165, 1.54) is 0 Å². The molecule has 0 heterocycles. The predicted octanol–water partition coefficient (Wildman–Crippen LogP) is 3.02. The molecule has 2 rings (SSSR count). The molecule has 0 unspecified atom stereocenters. The normalized spacial score (nSPS) is 15.6. The number of ether oxygens (including phenoxy) is 1. The Kier molecular flexibility index (Phi) is 9.90. The van der Waals surface area contributed by atoms with Gasteiger partial charge in [0.1, 0.15) is 5.75 Å². The van der Waals surface area contributed by atoms with Gasteiger partial charge in [-0.1, -0.05) is 25.0 Å². The average Bonchev–Trinajstić information content (AvgIpc) is 3.13. The van der Waals surface area contributed by atoms with Crippen LogP contribution < -0.4 is 15.4 Å². The van der Waals surface area contributed by atoms with Gasteiger partial charge in [-0.05, 0) is 37.5 Å². The van der Waals surface area contributed by atoms with Crippen LogP contribution in [0, 0.1) is 5.41 Å². The molecule has 1 aliphatic carbocycles. The number of amides is 1. The number of rotatable bonds is 7. The Morgan fingerprint density at radius 3 is 2.56 bits per heavy atom. The van der Waals surface area contributed by atoms with Crippen LogP contribution in [0.3, 0.4) is 0 Å². The average molecular weight is 488 g/mol. The molecule has 1 saturated carbocycles. The lowest BCUT2D eigenvalue weighted by Gasteiger charge is -2.31. The fraction of sp³-hybridized carbons (Fsp3) is 0.600. The van der Waals surface area contributed by atoms with Crippen LogP contribution in [0.2, 0.25) is 0 Å². The minimum absolute atomic E-state index is 0. The molecule has 0 bridgehead atoms. The number of carbonyl (C=O) groups is 1. The Morgan fingerprint density at radius 2 is 1.96 bits per heavy atom. The lowest BCUT2D eigenvalue weighted by molar-refractivity contribution is -0.138. The number of nitrogens with one attached hydrogen (secondary N) is 2. The van der Waals surface area contributed by atoms with Crippen LogP contribution in [0.4, 0.5) is 0 Å². The molecule has 1 aromatic rings. The minimum atomic E-state index is -0.310. The third-order valence-electron chi connectivity index (χ3n) is 4.91. The highest BCUT2D eigenvalue weighted by Crippen LogP contribution is 2.38. The quantitative estimate of drug-likeness (QED) is 0.352. The first-order valence-corrected chi connectivity index (χ1v) is 9.37. The molecule has 0 saturated heterocycles. The molecule has 27 heavy (non-hydrogen) atoms. The van der Waals surface area contributed by atoms with E-state index in [1.54, 1.807) is 12.0 Å². The summed E-state index contributed by atoms with van der Waals surface area (Å²) in [5.74, 6) is 1.79. The molecular weight excluding hydrogens is 455 g/mol. The number of benzene rings is 1. The van der Waals surface area contributed by atoms with E-state index in [9.17, 15) is 4.79 Å². The summed E-state index contributed by atoms with van der Waals surface area (Å²) < 4.78 is 5.26. The second-order valence-electron chi connectivity index (χ2n) is 7.09. The third-order valence-corrected chi connectivity index (χ3v) is 4.91. The number of halogens is 1. The van der Waals surface area contributed by atoms with Gasteiger partial charge in [0.2, 0.25) is 5.91 Å². The van der Waals surface area contributed by atoms with Crippen LogP contribution in [0.15, 0.2) is 29.3 Å². The monoisotopic (exact) mass is 488 g/mol. The first kappa shape index (κ1) is 23.5. The highest BCUT2D eigenvalue weighted by Gasteiger charge is 2.42. The van der Waals surface area contributed by atoms with Gasteiger partial charge in [0, 0.05) is 27.2 Å². The summed E-state index contributed by atoms with van der Waals surface area (Å²) in [6.07, 6.45) is 4.09. The summed E-state index contributed by atoms with van der Waals surface area (Å²) in [5.41, 5.74) is 0.775. The number of nitrogens with zero attached hydrogens (tertiary/aromatic N) is 2. The van der Waals surface area contributed by atoms with Crippen LogP contribution in [0.25, 0.3) is 0 Å². The second kappa shape index (κ2) is 11.4. The molecule has 0 atom stereocenters. The Bertz CT molecular complexity index is 628. The summed E-state index contributed by atoms with van der Waals surface area (Å²) in [6, 6.07) is 7.91. The van der Waals surface area contributed by atoms with E-state index in [4.69, 9.17) is 4.74 Å². The van der Waals surface area contributed by atoms with Gasteiger partial charge in [0.15, 0.2) is 5.96 Å². The second-order valence-corrected chi connectivity index (χ2v) is 7.09. The maximum absolute atomic E-state index is 12.7. The Hall–Kier alpha value is -1.51. The number of carbonyl (C=O) groups excluding carboxylic acids is 1. The van der Waals surface area contributed by atoms with Crippen molar-refractivity contribution >= 4 is 35.8 Å². The maximum Gasteiger partial charge on any atom is 0.230 e. The lowest BCUT2D eigenvalue weighted by atomic mass is 9.84. The summed E-state index contributed by atoms with van der Waals surface area (Å²) in [7, 11) is 5.34. The number of aliphatic imine (C=N–C) groups is 1. The van der Waals surface area contributed by atoms with E-state index < -0.39 is 0 Å². The zero-order chi connectivity index (χ0) is 19.0. The van der Waals surface area contributed by atoms with Crippen molar-refractivity contribution in [3.05, 3.63) is 29.8 Å². The molecule has 1 aliphatic rings. The molecule has 152 valence electrons. The van der Waals surface area contributed by atoms with E-state index in [0.717, 1.165) is 49.5 Å². The zero-order valence-electron chi connectivity index (χ0n) is 16.9. The van der Waals surface area contributed by atoms with Crippen LogP contribution >= 0.6 is 24.0 Å².